The lowest BCUT2D eigenvalue weighted by Gasteiger charge is -2.10. The number of hydrogen-bond donors (Lipinski definition) is 1. The summed E-state index contributed by atoms with van der Waals surface area (Å²) in [5.41, 5.74) is 1.05. The molecular formula is C22H22N4O6S2. The van der Waals surface area contributed by atoms with Gasteiger partial charge in [0.05, 0.1) is 30.5 Å². The van der Waals surface area contributed by atoms with E-state index in [1.165, 1.54) is 30.6 Å². The van der Waals surface area contributed by atoms with Crippen molar-refractivity contribution in [2.24, 2.45) is 5.16 Å². The number of thiazole rings is 1. The Kier molecular flexibility index (Phi) is 6.19. The zero-order chi connectivity index (χ0) is 23.7. The third-order valence-electron chi connectivity index (χ3n) is 5.48. The number of oxime groups is 1. The lowest BCUT2D eigenvalue weighted by Crippen LogP contribution is -2.25. The monoisotopic (exact) mass is 502 g/mol. The number of carbonyl (C=O) groups excluding carboxylic acids is 1. The molecule has 10 nitrogen and oxygen atoms in total. The minimum absolute atomic E-state index is 0.00654. The smallest absolute Gasteiger partial charge is 0.280 e. The quantitative estimate of drug-likeness (QED) is 0.368. The highest BCUT2D eigenvalue weighted by molar-refractivity contribution is 7.92. The van der Waals surface area contributed by atoms with Crippen LogP contribution in [0.2, 0.25) is 0 Å². The van der Waals surface area contributed by atoms with Gasteiger partial charge in [0, 0.05) is 18.1 Å². The van der Waals surface area contributed by atoms with E-state index in [2.05, 4.69) is 20.4 Å². The Balaban J connectivity index is 1.41. The molecular weight excluding hydrogens is 480 g/mol. The average molecular weight is 503 g/mol. The van der Waals surface area contributed by atoms with Crippen molar-refractivity contribution in [3.63, 3.8) is 0 Å². The molecule has 0 radical (unpaired) electrons. The molecule has 2 aromatic heterocycles. The first kappa shape index (κ1) is 22.7. The van der Waals surface area contributed by atoms with Crippen molar-refractivity contribution in [3.8, 4) is 5.88 Å². The Bertz CT molecular complexity index is 1340. The molecule has 5 rings (SSSR count). The summed E-state index contributed by atoms with van der Waals surface area (Å²) >= 11 is 1.20. The predicted octanol–water partition coefficient (Wildman–Crippen LogP) is 2.78. The summed E-state index contributed by atoms with van der Waals surface area (Å²) in [6.45, 7) is 0.958. The third kappa shape index (κ3) is 4.74. The number of nitrogens with one attached hydrogen (secondary N) is 1. The van der Waals surface area contributed by atoms with Crippen molar-refractivity contribution in [1.29, 1.82) is 0 Å². The number of amides is 1. The molecule has 12 heteroatoms. The Morgan fingerprint density at radius 3 is 2.62 bits per heavy atom. The van der Waals surface area contributed by atoms with Crippen LogP contribution in [0.25, 0.3) is 10.3 Å². The van der Waals surface area contributed by atoms with Gasteiger partial charge in [0.2, 0.25) is 5.88 Å². The number of benzene rings is 1. The fourth-order valence-electron chi connectivity index (χ4n) is 3.45. The molecule has 1 amide bonds. The van der Waals surface area contributed by atoms with Gasteiger partial charge in [-0.25, -0.2) is 18.4 Å². The average Bonchev–Trinajstić information content (AvgIpc) is 3.44. The van der Waals surface area contributed by atoms with E-state index in [0.717, 1.165) is 0 Å². The maximum Gasteiger partial charge on any atom is 0.280 e. The molecule has 0 spiro atoms. The van der Waals surface area contributed by atoms with Gasteiger partial charge in [0.1, 0.15) is 10.3 Å². The van der Waals surface area contributed by atoms with Crippen molar-refractivity contribution in [2.75, 3.05) is 25.6 Å². The first-order valence-electron chi connectivity index (χ1n) is 10.7. The molecule has 1 aromatic carbocycles. The summed E-state index contributed by atoms with van der Waals surface area (Å²) < 4.78 is 35.5. The molecule has 2 aliphatic rings. The van der Waals surface area contributed by atoms with Gasteiger partial charge in [-0.15, -0.1) is 0 Å². The Hall–Kier alpha value is -3.09. The fraction of sp³-hybridized carbons (Fsp3) is 0.364. The summed E-state index contributed by atoms with van der Waals surface area (Å²) in [6.07, 6.45) is 1.78. The van der Waals surface area contributed by atoms with E-state index in [0.29, 0.717) is 59.4 Å². The summed E-state index contributed by atoms with van der Waals surface area (Å²) in [5, 5.41) is 6.88. The predicted molar refractivity (Wildman–Crippen MR) is 126 cm³/mol. The van der Waals surface area contributed by atoms with Gasteiger partial charge in [-0.2, -0.15) is 0 Å². The highest BCUT2D eigenvalue weighted by Crippen LogP contribution is 2.33. The molecule has 3 heterocycles. The zero-order valence-corrected chi connectivity index (χ0v) is 19.9. The Morgan fingerprint density at radius 2 is 1.94 bits per heavy atom. The van der Waals surface area contributed by atoms with Crippen LogP contribution in [0.3, 0.4) is 0 Å². The molecule has 0 bridgehead atoms. The van der Waals surface area contributed by atoms with Crippen LogP contribution >= 0.6 is 11.3 Å². The first-order chi connectivity index (χ1) is 16.4. The van der Waals surface area contributed by atoms with Gasteiger partial charge in [-0.05, 0) is 31.0 Å². The zero-order valence-electron chi connectivity index (χ0n) is 18.3. The van der Waals surface area contributed by atoms with E-state index in [1.54, 1.807) is 24.3 Å². The Labute approximate surface area is 199 Å². The number of fused-ring (bicyclic) bond motifs is 1. The van der Waals surface area contributed by atoms with Crippen LogP contribution in [0, 0.1) is 0 Å². The summed E-state index contributed by atoms with van der Waals surface area (Å²) in [5.74, 6) is -0.0903. The molecule has 1 atom stereocenters. The number of ether oxygens (including phenoxy) is 2. The van der Waals surface area contributed by atoms with Crippen molar-refractivity contribution in [2.45, 2.75) is 35.5 Å². The molecule has 1 saturated heterocycles. The van der Waals surface area contributed by atoms with Gasteiger partial charge in [0.25, 0.3) is 5.91 Å². The molecule has 1 saturated carbocycles. The lowest BCUT2D eigenvalue weighted by molar-refractivity contribution is -0.110. The fourth-order valence-corrected chi connectivity index (χ4v) is 5.93. The number of sulfone groups is 1. The van der Waals surface area contributed by atoms with Crippen LogP contribution in [0.5, 0.6) is 5.88 Å². The summed E-state index contributed by atoms with van der Waals surface area (Å²) in [6, 6.07) is 9.57. The largest absolute Gasteiger partial charge is 0.481 e. The van der Waals surface area contributed by atoms with Crippen LogP contribution in [0.1, 0.15) is 24.8 Å². The van der Waals surface area contributed by atoms with Crippen molar-refractivity contribution in [1.82, 2.24) is 9.97 Å². The molecule has 1 aliphatic heterocycles. The lowest BCUT2D eigenvalue weighted by atomic mass is 10.1. The second kappa shape index (κ2) is 9.28. The number of rotatable bonds is 8. The van der Waals surface area contributed by atoms with E-state index in [9.17, 15) is 13.2 Å². The normalized spacial score (nSPS) is 18.7. The first-order valence-corrected chi connectivity index (χ1v) is 13.1. The number of pyridine rings is 1. The van der Waals surface area contributed by atoms with E-state index in [1.807, 2.05) is 0 Å². The van der Waals surface area contributed by atoms with Gasteiger partial charge < -0.3 is 14.3 Å². The highest BCUT2D eigenvalue weighted by Gasteiger charge is 2.36. The highest BCUT2D eigenvalue weighted by atomic mass is 32.2. The number of aromatic nitrogens is 2. The second-order valence-electron chi connectivity index (χ2n) is 7.95. The maximum atomic E-state index is 13.2. The van der Waals surface area contributed by atoms with Crippen molar-refractivity contribution >= 4 is 48.3 Å². The van der Waals surface area contributed by atoms with Crippen LogP contribution in [0.4, 0.5) is 5.13 Å². The molecule has 1 aliphatic carbocycles. The molecule has 0 unspecified atom stereocenters. The topological polar surface area (TPSA) is 129 Å². The molecule has 3 aromatic rings. The van der Waals surface area contributed by atoms with Gasteiger partial charge in [-0.3, -0.25) is 10.1 Å². The van der Waals surface area contributed by atoms with E-state index >= 15 is 0 Å². The number of carbonyl (C=O) groups is 1. The Morgan fingerprint density at radius 1 is 1.15 bits per heavy atom. The number of methoxy groups -OCH3 is 1. The summed E-state index contributed by atoms with van der Waals surface area (Å²) in [4.78, 5) is 28.3. The van der Waals surface area contributed by atoms with Crippen LogP contribution in [-0.4, -0.2) is 61.7 Å². The van der Waals surface area contributed by atoms with Crippen LogP contribution in [-0.2, 0) is 24.2 Å². The van der Waals surface area contributed by atoms with Crippen LogP contribution < -0.4 is 10.1 Å². The van der Waals surface area contributed by atoms with Crippen molar-refractivity contribution in [3.05, 3.63) is 42.0 Å². The SMILES string of the molecule is COc1ccc2nc(NC(=O)C(=NO[C@@H]3CCOC3)c3ccc(S(=O)(=O)C4CC4)cc3)sc2n1. The molecule has 1 N–H and O–H groups in total. The number of hydrogen-bond acceptors (Lipinski definition) is 10. The van der Waals surface area contributed by atoms with E-state index < -0.39 is 15.7 Å². The second-order valence-corrected chi connectivity index (χ2v) is 11.2. The van der Waals surface area contributed by atoms with Crippen molar-refractivity contribution < 1.29 is 27.5 Å². The van der Waals surface area contributed by atoms with Crippen LogP contribution in [0.15, 0.2) is 46.4 Å². The maximum absolute atomic E-state index is 13.2. The summed E-state index contributed by atoms with van der Waals surface area (Å²) in [7, 11) is -1.81. The van der Waals surface area contributed by atoms with E-state index in [4.69, 9.17) is 14.3 Å². The van der Waals surface area contributed by atoms with Gasteiger partial charge in [0.15, 0.2) is 26.8 Å². The standard InChI is InChI=1S/C22H22N4O6S2/c1-30-18-9-8-17-21(24-18)33-22(23-17)25-20(27)19(26-32-14-10-11-31-12-14)13-2-4-15(5-3-13)34(28,29)16-6-7-16/h2-5,8-9,14,16H,6-7,10-12H2,1H3,(H,23,25,27)/t14-/m1/s1. The minimum Gasteiger partial charge on any atom is -0.481 e. The number of nitrogens with zero attached hydrogens (tertiary/aromatic N) is 3. The van der Waals surface area contributed by atoms with Gasteiger partial charge in [-0.1, -0.05) is 28.6 Å². The molecule has 2 fully saturated rings. The minimum atomic E-state index is -3.34. The molecule has 34 heavy (non-hydrogen) atoms. The number of anilines is 1. The third-order valence-corrected chi connectivity index (χ3v) is 8.63. The molecule has 178 valence electrons. The van der Waals surface area contributed by atoms with E-state index in [-0.39, 0.29) is 22.0 Å². The van der Waals surface area contributed by atoms with Gasteiger partial charge >= 0.3 is 0 Å².